The lowest BCUT2D eigenvalue weighted by Gasteiger charge is -2.12. The number of hydrogen-bond donors (Lipinski definition) is 4. The molecule has 108 valence electrons. The lowest BCUT2D eigenvalue weighted by Crippen LogP contribution is -2.47. The normalized spacial score (nSPS) is 12.1. The Hall–Kier alpha value is -2.05. The minimum Gasteiger partial charge on any atom is -0.368 e. The van der Waals surface area contributed by atoms with E-state index in [1.54, 1.807) is 0 Å². The van der Waals surface area contributed by atoms with Crippen molar-refractivity contribution < 1.29 is 14.4 Å². The largest absolute Gasteiger partial charge is 0.368 e. The van der Waals surface area contributed by atoms with Crippen LogP contribution in [0, 0.1) is 0 Å². The minimum atomic E-state index is -1.05. The molecule has 0 aromatic carbocycles. The fourth-order valence-electron chi connectivity index (χ4n) is 1.35. The first kappa shape index (κ1) is 16.9. The van der Waals surface area contributed by atoms with E-state index in [-0.39, 0.29) is 0 Å². The van der Waals surface area contributed by atoms with Gasteiger partial charge in [0.25, 0.3) is 0 Å². The zero-order valence-corrected chi connectivity index (χ0v) is 11.1. The van der Waals surface area contributed by atoms with E-state index in [0.717, 1.165) is 37.8 Å². The first-order valence-electron chi connectivity index (χ1n) is 6.28. The van der Waals surface area contributed by atoms with E-state index in [1.807, 2.05) is 0 Å². The standard InChI is InChI=1S/C12H22N4O3/c1-2-3-4-5-8-15-12(19)16-9(11(14)18)6-7-10(13)17/h6-7,9H,2-5,8H2,1H3,(H2,13,17)(H2,14,18)(H2,15,16,19)/b7-6+. The number of primary amides is 2. The topological polar surface area (TPSA) is 127 Å². The quantitative estimate of drug-likeness (QED) is 0.341. The Morgan fingerprint density at radius 3 is 2.37 bits per heavy atom. The van der Waals surface area contributed by atoms with Crippen molar-refractivity contribution in [2.45, 2.75) is 38.6 Å². The molecule has 0 aliphatic rings. The van der Waals surface area contributed by atoms with Gasteiger partial charge < -0.3 is 22.1 Å². The molecule has 7 nitrogen and oxygen atoms in total. The summed E-state index contributed by atoms with van der Waals surface area (Å²) in [5.74, 6) is -1.48. The van der Waals surface area contributed by atoms with Crippen LogP contribution in [0.4, 0.5) is 4.79 Å². The summed E-state index contributed by atoms with van der Waals surface area (Å²) in [6.45, 7) is 2.62. The van der Waals surface area contributed by atoms with E-state index >= 15 is 0 Å². The molecule has 0 bridgehead atoms. The molecule has 0 aromatic rings. The van der Waals surface area contributed by atoms with Gasteiger partial charge in [-0.3, -0.25) is 9.59 Å². The molecule has 0 spiro atoms. The number of hydrogen-bond acceptors (Lipinski definition) is 3. The van der Waals surface area contributed by atoms with Gasteiger partial charge in [0.2, 0.25) is 11.8 Å². The van der Waals surface area contributed by atoms with Gasteiger partial charge in [-0.15, -0.1) is 0 Å². The van der Waals surface area contributed by atoms with Gasteiger partial charge in [0.1, 0.15) is 6.04 Å². The Morgan fingerprint density at radius 2 is 1.84 bits per heavy atom. The van der Waals surface area contributed by atoms with Gasteiger partial charge in [0.15, 0.2) is 0 Å². The number of unbranched alkanes of at least 4 members (excludes halogenated alkanes) is 3. The van der Waals surface area contributed by atoms with Crippen molar-refractivity contribution in [1.82, 2.24) is 10.6 Å². The van der Waals surface area contributed by atoms with Crippen molar-refractivity contribution in [3.05, 3.63) is 12.2 Å². The third-order valence-electron chi connectivity index (χ3n) is 2.36. The summed E-state index contributed by atoms with van der Waals surface area (Å²) in [5.41, 5.74) is 9.97. The number of rotatable bonds is 9. The Bertz CT molecular complexity index is 342. The van der Waals surface area contributed by atoms with Crippen LogP contribution in [0.25, 0.3) is 0 Å². The summed E-state index contributed by atoms with van der Waals surface area (Å²) < 4.78 is 0. The second kappa shape index (κ2) is 9.93. The molecule has 1 unspecified atom stereocenters. The summed E-state index contributed by atoms with van der Waals surface area (Å²) >= 11 is 0. The first-order valence-corrected chi connectivity index (χ1v) is 6.28. The number of nitrogens with one attached hydrogen (secondary N) is 2. The van der Waals surface area contributed by atoms with Crippen LogP contribution in [0.3, 0.4) is 0 Å². The predicted octanol–water partition coefficient (Wildman–Crippen LogP) is -0.239. The maximum Gasteiger partial charge on any atom is 0.315 e. The summed E-state index contributed by atoms with van der Waals surface area (Å²) in [7, 11) is 0. The van der Waals surface area contributed by atoms with E-state index in [4.69, 9.17) is 11.5 Å². The number of urea groups is 1. The molecule has 7 heteroatoms. The van der Waals surface area contributed by atoms with Crippen LogP contribution in [-0.2, 0) is 9.59 Å². The van der Waals surface area contributed by atoms with Crippen LogP contribution in [0.5, 0.6) is 0 Å². The highest BCUT2D eigenvalue weighted by Gasteiger charge is 2.14. The summed E-state index contributed by atoms with van der Waals surface area (Å²) in [4.78, 5) is 33.0. The second-order valence-corrected chi connectivity index (χ2v) is 4.10. The second-order valence-electron chi connectivity index (χ2n) is 4.10. The third-order valence-corrected chi connectivity index (χ3v) is 2.36. The van der Waals surface area contributed by atoms with Gasteiger partial charge in [-0.05, 0) is 12.5 Å². The molecule has 19 heavy (non-hydrogen) atoms. The molecule has 4 amide bonds. The van der Waals surface area contributed by atoms with E-state index in [1.165, 1.54) is 0 Å². The smallest absolute Gasteiger partial charge is 0.315 e. The average molecular weight is 270 g/mol. The van der Waals surface area contributed by atoms with Crippen molar-refractivity contribution in [2.75, 3.05) is 6.54 Å². The highest BCUT2D eigenvalue weighted by Crippen LogP contribution is 1.96. The molecule has 0 fully saturated rings. The van der Waals surface area contributed by atoms with Crippen LogP contribution >= 0.6 is 0 Å². The molecule has 0 rings (SSSR count). The Labute approximate surface area is 112 Å². The molecule has 0 saturated carbocycles. The Kier molecular flexibility index (Phi) is 8.86. The van der Waals surface area contributed by atoms with Gasteiger partial charge in [0, 0.05) is 12.6 Å². The molecule has 6 N–H and O–H groups in total. The van der Waals surface area contributed by atoms with Crippen LogP contribution in [0.15, 0.2) is 12.2 Å². The van der Waals surface area contributed by atoms with Gasteiger partial charge >= 0.3 is 6.03 Å². The number of nitrogens with two attached hydrogens (primary N) is 2. The molecular weight excluding hydrogens is 248 g/mol. The molecule has 0 radical (unpaired) electrons. The number of carbonyl (C=O) groups is 3. The maximum atomic E-state index is 11.5. The fraction of sp³-hybridized carbons (Fsp3) is 0.583. The van der Waals surface area contributed by atoms with E-state index in [0.29, 0.717) is 6.54 Å². The van der Waals surface area contributed by atoms with Crippen LogP contribution < -0.4 is 22.1 Å². The third kappa shape index (κ3) is 9.63. The van der Waals surface area contributed by atoms with E-state index < -0.39 is 23.9 Å². The van der Waals surface area contributed by atoms with Gasteiger partial charge in [-0.2, -0.15) is 0 Å². The van der Waals surface area contributed by atoms with Crippen LogP contribution in [0.1, 0.15) is 32.6 Å². The average Bonchev–Trinajstić information content (AvgIpc) is 2.33. The zero-order chi connectivity index (χ0) is 14.7. The highest BCUT2D eigenvalue weighted by molar-refractivity contribution is 5.91. The summed E-state index contributed by atoms with van der Waals surface area (Å²) in [6.07, 6.45) is 6.29. The maximum absolute atomic E-state index is 11.5. The van der Waals surface area contributed by atoms with E-state index in [2.05, 4.69) is 17.6 Å². The Morgan fingerprint density at radius 1 is 1.16 bits per heavy atom. The molecule has 0 heterocycles. The molecule has 0 aromatic heterocycles. The molecule has 1 atom stereocenters. The zero-order valence-electron chi connectivity index (χ0n) is 11.1. The number of carbonyl (C=O) groups excluding carboxylic acids is 3. The van der Waals surface area contributed by atoms with Crippen molar-refractivity contribution in [1.29, 1.82) is 0 Å². The lowest BCUT2D eigenvalue weighted by atomic mass is 10.2. The van der Waals surface area contributed by atoms with Gasteiger partial charge in [-0.1, -0.05) is 26.2 Å². The minimum absolute atomic E-state index is 0.505. The van der Waals surface area contributed by atoms with Crippen molar-refractivity contribution in [3.63, 3.8) is 0 Å². The monoisotopic (exact) mass is 270 g/mol. The summed E-state index contributed by atoms with van der Waals surface area (Å²) in [5, 5.41) is 4.95. The summed E-state index contributed by atoms with van der Waals surface area (Å²) in [6, 6.07) is -1.56. The molecule has 0 aliphatic carbocycles. The molecule has 0 saturated heterocycles. The van der Waals surface area contributed by atoms with Gasteiger partial charge in [-0.25, -0.2) is 4.79 Å². The fourth-order valence-corrected chi connectivity index (χ4v) is 1.35. The van der Waals surface area contributed by atoms with Crippen LogP contribution in [0.2, 0.25) is 0 Å². The van der Waals surface area contributed by atoms with Gasteiger partial charge in [0.05, 0.1) is 0 Å². The van der Waals surface area contributed by atoms with Crippen molar-refractivity contribution in [3.8, 4) is 0 Å². The lowest BCUT2D eigenvalue weighted by molar-refractivity contribution is -0.118. The SMILES string of the molecule is CCCCCCNC(=O)NC(/C=C/C(N)=O)C(N)=O. The highest BCUT2D eigenvalue weighted by atomic mass is 16.2. The predicted molar refractivity (Wildman–Crippen MR) is 72.0 cm³/mol. The number of amides is 4. The first-order chi connectivity index (χ1) is 8.97. The van der Waals surface area contributed by atoms with Crippen LogP contribution in [-0.4, -0.2) is 30.4 Å². The Balaban J connectivity index is 4.04. The van der Waals surface area contributed by atoms with Crippen molar-refractivity contribution in [2.24, 2.45) is 11.5 Å². The molecular formula is C12H22N4O3. The van der Waals surface area contributed by atoms with Crippen molar-refractivity contribution >= 4 is 17.8 Å². The molecule has 0 aliphatic heterocycles. The van der Waals surface area contributed by atoms with E-state index in [9.17, 15) is 14.4 Å².